The Hall–Kier alpha value is -0.640. The molecule has 3 fully saturated rings. The summed E-state index contributed by atoms with van der Waals surface area (Å²) in [5.41, 5.74) is 0. The zero-order valence-electron chi connectivity index (χ0n) is 28.3. The number of ether oxygens (including phenoxy) is 16. The Labute approximate surface area is 266 Å². The van der Waals surface area contributed by atoms with E-state index in [4.69, 9.17) is 75.8 Å². The molecule has 15 atom stereocenters. The second-order valence-electron chi connectivity index (χ2n) is 10.8. The van der Waals surface area contributed by atoms with Crippen LogP contribution in [0.2, 0.25) is 0 Å². The fourth-order valence-corrected chi connectivity index (χ4v) is 6.41. The highest BCUT2D eigenvalue weighted by Gasteiger charge is 2.56. The van der Waals surface area contributed by atoms with Crippen molar-refractivity contribution in [1.29, 1.82) is 0 Å². The van der Waals surface area contributed by atoms with Crippen molar-refractivity contribution in [2.24, 2.45) is 0 Å². The molecule has 3 rings (SSSR count). The molecule has 0 aromatic carbocycles. The van der Waals surface area contributed by atoms with Crippen LogP contribution >= 0.6 is 0 Å². The van der Waals surface area contributed by atoms with Gasteiger partial charge in [0.15, 0.2) is 18.9 Å². The average Bonchev–Trinajstić information content (AvgIpc) is 3.05. The molecule has 3 aliphatic heterocycles. The molecule has 16 heteroatoms. The predicted octanol–water partition coefficient (Wildman–Crippen LogP) is -0.378. The predicted molar refractivity (Wildman–Crippen MR) is 154 cm³/mol. The van der Waals surface area contributed by atoms with E-state index in [1.54, 1.807) is 64.0 Å². The molecule has 0 saturated carbocycles. The van der Waals surface area contributed by atoms with Gasteiger partial charge in [0.1, 0.15) is 73.2 Å². The summed E-state index contributed by atoms with van der Waals surface area (Å²) in [7, 11) is 17.2. The maximum Gasteiger partial charge on any atom is 0.187 e. The minimum atomic E-state index is -0.974. The third kappa shape index (κ3) is 8.70. The zero-order valence-corrected chi connectivity index (χ0v) is 28.3. The highest BCUT2D eigenvalue weighted by Crippen LogP contribution is 2.36. The molecule has 0 amide bonds. The number of methoxy groups -OCH3 is 11. The minimum Gasteiger partial charge on any atom is -0.382 e. The van der Waals surface area contributed by atoms with E-state index in [2.05, 4.69) is 0 Å². The Balaban J connectivity index is 1.92. The van der Waals surface area contributed by atoms with E-state index < -0.39 is 92.1 Å². The van der Waals surface area contributed by atoms with Gasteiger partial charge in [-0.1, -0.05) is 0 Å². The summed E-state index contributed by atoms with van der Waals surface area (Å²) in [5.74, 6) is 0. The maximum absolute atomic E-state index is 6.63. The molecule has 3 heterocycles. The van der Waals surface area contributed by atoms with Crippen LogP contribution in [0.4, 0.5) is 0 Å². The summed E-state index contributed by atoms with van der Waals surface area (Å²) in [6.07, 6.45) is -10.3. The quantitative estimate of drug-likeness (QED) is 0.188. The summed E-state index contributed by atoms with van der Waals surface area (Å²) < 4.78 is 95.0. The molecule has 0 radical (unpaired) electrons. The second kappa shape index (κ2) is 19.4. The van der Waals surface area contributed by atoms with Crippen molar-refractivity contribution in [2.75, 3.05) is 98.0 Å². The van der Waals surface area contributed by atoms with Crippen LogP contribution in [0.1, 0.15) is 0 Å². The lowest BCUT2D eigenvalue weighted by Crippen LogP contribution is -2.67. The molecule has 0 bridgehead atoms. The van der Waals surface area contributed by atoms with Gasteiger partial charge in [-0.15, -0.1) is 0 Å². The molecule has 0 N–H and O–H groups in total. The van der Waals surface area contributed by atoms with Crippen LogP contribution in [0, 0.1) is 0 Å². The number of rotatable bonds is 18. The summed E-state index contributed by atoms with van der Waals surface area (Å²) in [4.78, 5) is 0. The molecular formula is C29H54O16. The Morgan fingerprint density at radius 3 is 0.911 bits per heavy atom. The van der Waals surface area contributed by atoms with Gasteiger partial charge in [-0.25, -0.2) is 0 Å². The van der Waals surface area contributed by atoms with E-state index in [1.807, 2.05) is 0 Å². The van der Waals surface area contributed by atoms with Gasteiger partial charge in [-0.05, 0) is 0 Å². The fourth-order valence-electron chi connectivity index (χ4n) is 6.41. The van der Waals surface area contributed by atoms with Crippen LogP contribution in [0.5, 0.6) is 0 Å². The molecule has 0 spiro atoms. The first-order valence-electron chi connectivity index (χ1n) is 14.8. The van der Waals surface area contributed by atoms with Gasteiger partial charge in [0, 0.05) is 78.2 Å². The Morgan fingerprint density at radius 2 is 0.600 bits per heavy atom. The normalized spacial score (nSPS) is 42.6. The molecule has 3 saturated heterocycles. The Kier molecular flexibility index (Phi) is 16.7. The van der Waals surface area contributed by atoms with Crippen molar-refractivity contribution >= 4 is 0 Å². The van der Waals surface area contributed by atoms with E-state index in [0.29, 0.717) is 0 Å². The Morgan fingerprint density at radius 1 is 0.311 bits per heavy atom. The van der Waals surface area contributed by atoms with Gasteiger partial charge < -0.3 is 75.8 Å². The Bertz CT molecular complexity index is 810. The highest BCUT2D eigenvalue weighted by molar-refractivity contribution is 4.98. The lowest BCUT2D eigenvalue weighted by Gasteiger charge is -2.51. The van der Waals surface area contributed by atoms with Crippen LogP contribution < -0.4 is 0 Å². The summed E-state index contributed by atoms with van der Waals surface area (Å²) in [6.45, 7) is 0.556. The molecule has 0 unspecified atom stereocenters. The first kappa shape index (κ1) is 38.8. The van der Waals surface area contributed by atoms with E-state index in [-0.39, 0.29) is 19.8 Å². The van der Waals surface area contributed by atoms with E-state index >= 15 is 0 Å². The molecular weight excluding hydrogens is 604 g/mol. The van der Waals surface area contributed by atoms with E-state index in [0.717, 1.165) is 0 Å². The van der Waals surface area contributed by atoms with Crippen LogP contribution in [0.15, 0.2) is 0 Å². The van der Waals surface area contributed by atoms with Crippen molar-refractivity contribution in [3.63, 3.8) is 0 Å². The monoisotopic (exact) mass is 658 g/mol. The first-order valence-corrected chi connectivity index (χ1v) is 14.8. The third-order valence-corrected chi connectivity index (χ3v) is 8.49. The van der Waals surface area contributed by atoms with E-state index in [9.17, 15) is 0 Å². The van der Waals surface area contributed by atoms with Crippen LogP contribution in [-0.2, 0) is 75.8 Å². The van der Waals surface area contributed by atoms with Crippen molar-refractivity contribution < 1.29 is 75.8 Å². The van der Waals surface area contributed by atoms with Gasteiger partial charge in [0.05, 0.1) is 19.8 Å². The van der Waals surface area contributed by atoms with Gasteiger partial charge in [0.25, 0.3) is 0 Å². The largest absolute Gasteiger partial charge is 0.382 e. The fraction of sp³-hybridized carbons (Fsp3) is 1.00. The first-order chi connectivity index (χ1) is 21.9. The van der Waals surface area contributed by atoms with Gasteiger partial charge >= 0.3 is 0 Å². The standard InChI is InChI=1S/C29H54O16/c1-30-12-15-18(33-4)21(34-5)25(38-9)28(42-15)45-20-17(14-32-3)43-29(26(39-10)23(20)36-7)44-19-16(13-31-2)41-27(40-11)24(37-8)22(19)35-6/h15-29H,12-14H2,1-11H3/t15-,16-,17-,18-,19-,20-,21+,22+,23+,24-,25-,26-,27-,28+,29+/m1/s1. The number of hydrogen-bond acceptors (Lipinski definition) is 16. The van der Waals surface area contributed by atoms with Crippen molar-refractivity contribution in [2.45, 2.75) is 92.1 Å². The molecule has 16 nitrogen and oxygen atoms in total. The van der Waals surface area contributed by atoms with Crippen molar-refractivity contribution in [3.05, 3.63) is 0 Å². The molecule has 0 aromatic heterocycles. The van der Waals surface area contributed by atoms with Gasteiger partial charge in [0.2, 0.25) is 0 Å². The zero-order chi connectivity index (χ0) is 33.1. The topological polar surface area (TPSA) is 148 Å². The molecule has 45 heavy (non-hydrogen) atoms. The molecule has 0 aromatic rings. The summed E-state index contributed by atoms with van der Waals surface area (Å²) in [5, 5.41) is 0. The van der Waals surface area contributed by atoms with Crippen LogP contribution in [0.25, 0.3) is 0 Å². The average molecular weight is 659 g/mol. The lowest BCUT2D eigenvalue weighted by molar-refractivity contribution is -0.385. The third-order valence-electron chi connectivity index (χ3n) is 8.49. The maximum atomic E-state index is 6.63. The number of hydrogen-bond donors (Lipinski definition) is 0. The molecule has 3 aliphatic rings. The smallest absolute Gasteiger partial charge is 0.187 e. The van der Waals surface area contributed by atoms with E-state index in [1.165, 1.54) is 14.2 Å². The molecule has 0 aliphatic carbocycles. The molecule has 266 valence electrons. The van der Waals surface area contributed by atoms with Crippen LogP contribution in [-0.4, -0.2) is 190 Å². The van der Waals surface area contributed by atoms with Crippen LogP contribution in [0.3, 0.4) is 0 Å². The highest BCUT2D eigenvalue weighted by atomic mass is 16.8. The lowest BCUT2D eigenvalue weighted by atomic mass is 9.95. The van der Waals surface area contributed by atoms with Crippen molar-refractivity contribution in [3.8, 4) is 0 Å². The minimum absolute atomic E-state index is 0.129. The van der Waals surface area contributed by atoms with Gasteiger partial charge in [-0.3, -0.25) is 0 Å². The summed E-state index contributed by atoms with van der Waals surface area (Å²) >= 11 is 0. The second-order valence-corrected chi connectivity index (χ2v) is 10.8. The SMILES string of the molecule is COC[C@H]1O[C@@H](O[C@H]2[C@H](OC)[C@@H](OC)[C@H](O[C@H]3[C@H](OC)[C@@H](OC)[C@H](OC)O[C@@H]3COC)O[C@@H]2COC)[C@H](OC)[C@@H](OC)[C@@H]1OC. The van der Waals surface area contributed by atoms with Crippen molar-refractivity contribution in [1.82, 2.24) is 0 Å². The summed E-state index contributed by atoms with van der Waals surface area (Å²) in [6, 6.07) is 0. The van der Waals surface area contributed by atoms with Gasteiger partial charge in [-0.2, -0.15) is 0 Å².